The molecule has 1 aromatic carbocycles. The highest BCUT2D eigenvalue weighted by atomic mass is 79.9. The summed E-state index contributed by atoms with van der Waals surface area (Å²) in [6.45, 7) is 5.10. The number of hydrogen-bond donors (Lipinski definition) is 0. The van der Waals surface area contributed by atoms with Crippen LogP contribution in [0, 0.1) is 0 Å². The van der Waals surface area contributed by atoms with Gasteiger partial charge < -0.3 is 9.64 Å². The van der Waals surface area contributed by atoms with E-state index in [-0.39, 0.29) is 5.91 Å². The van der Waals surface area contributed by atoms with Crippen molar-refractivity contribution >= 4 is 21.8 Å². The number of likely N-dealkylation sites (N-methyl/N-ethyl adjacent to an activating group) is 1. The van der Waals surface area contributed by atoms with Gasteiger partial charge in [0.15, 0.2) is 6.10 Å². The fourth-order valence-corrected chi connectivity index (χ4v) is 2.24. The highest BCUT2D eigenvalue weighted by Crippen LogP contribution is 2.28. The number of halogens is 1. The summed E-state index contributed by atoms with van der Waals surface area (Å²) < 4.78 is 6.65. The van der Waals surface area contributed by atoms with E-state index in [1.807, 2.05) is 30.0 Å². The van der Waals surface area contributed by atoms with Crippen molar-refractivity contribution in [2.75, 3.05) is 6.54 Å². The van der Waals surface area contributed by atoms with Crippen LogP contribution in [0.2, 0.25) is 0 Å². The van der Waals surface area contributed by atoms with Gasteiger partial charge in [0.1, 0.15) is 5.75 Å². The van der Waals surface area contributed by atoms with Gasteiger partial charge in [-0.1, -0.05) is 15.9 Å². The van der Waals surface area contributed by atoms with Crippen molar-refractivity contribution < 1.29 is 9.53 Å². The van der Waals surface area contributed by atoms with Crippen LogP contribution in [-0.2, 0) is 11.3 Å². The number of benzene rings is 1. The Morgan fingerprint density at radius 3 is 3.00 bits per heavy atom. The quantitative estimate of drug-likeness (QED) is 0.793. The molecule has 1 amide bonds. The molecule has 0 fully saturated rings. The van der Waals surface area contributed by atoms with E-state index in [4.69, 9.17) is 4.74 Å². The second-order valence-corrected chi connectivity index (χ2v) is 4.78. The van der Waals surface area contributed by atoms with Crippen molar-refractivity contribution in [3.8, 4) is 5.75 Å². The SMILES string of the molecule is CCN1Cc2cc(Br)ccc2O[C@@H](C)C1=O. The number of carbonyl (C=O) groups is 1. The third-order valence-corrected chi connectivity index (χ3v) is 3.22. The highest BCUT2D eigenvalue weighted by Gasteiger charge is 2.26. The molecule has 1 heterocycles. The van der Waals surface area contributed by atoms with Gasteiger partial charge in [-0.05, 0) is 32.0 Å². The number of amides is 1. The molecule has 0 saturated carbocycles. The van der Waals surface area contributed by atoms with Gasteiger partial charge in [-0.2, -0.15) is 0 Å². The monoisotopic (exact) mass is 283 g/mol. The number of fused-ring (bicyclic) bond motifs is 1. The molecule has 86 valence electrons. The van der Waals surface area contributed by atoms with Crippen molar-refractivity contribution in [2.45, 2.75) is 26.5 Å². The Hall–Kier alpha value is -1.03. The van der Waals surface area contributed by atoms with Gasteiger partial charge in [0, 0.05) is 23.1 Å². The molecular formula is C12H14BrNO2. The Balaban J connectivity index is 2.40. The van der Waals surface area contributed by atoms with Crippen molar-refractivity contribution in [3.05, 3.63) is 28.2 Å². The van der Waals surface area contributed by atoms with Crippen molar-refractivity contribution in [3.63, 3.8) is 0 Å². The van der Waals surface area contributed by atoms with Gasteiger partial charge in [-0.25, -0.2) is 0 Å². The zero-order valence-corrected chi connectivity index (χ0v) is 11.0. The minimum absolute atomic E-state index is 0.0508. The van der Waals surface area contributed by atoms with E-state index in [9.17, 15) is 4.79 Å². The molecule has 1 aliphatic rings. The summed E-state index contributed by atoms with van der Waals surface area (Å²) in [6.07, 6.45) is -0.401. The predicted octanol–water partition coefficient (Wildman–Crippen LogP) is 2.58. The summed E-state index contributed by atoms with van der Waals surface area (Å²) in [4.78, 5) is 13.7. The molecule has 0 aromatic heterocycles. The van der Waals surface area contributed by atoms with Gasteiger partial charge in [0.05, 0.1) is 0 Å². The van der Waals surface area contributed by atoms with Crippen LogP contribution in [0.5, 0.6) is 5.75 Å². The minimum atomic E-state index is -0.401. The first-order chi connectivity index (χ1) is 7.61. The number of rotatable bonds is 1. The standard InChI is InChI=1S/C12H14BrNO2/c1-3-14-7-9-6-10(13)4-5-11(9)16-8(2)12(14)15/h4-6,8H,3,7H2,1-2H3/t8-/m0/s1. The van der Waals surface area contributed by atoms with Crippen molar-refractivity contribution in [1.82, 2.24) is 4.90 Å². The molecule has 0 radical (unpaired) electrons. The Bertz CT molecular complexity index is 419. The van der Waals surface area contributed by atoms with Crippen LogP contribution >= 0.6 is 15.9 Å². The summed E-state index contributed by atoms with van der Waals surface area (Å²) in [6, 6.07) is 5.84. The molecule has 2 rings (SSSR count). The van der Waals surface area contributed by atoms with E-state index in [0.29, 0.717) is 13.1 Å². The maximum absolute atomic E-state index is 11.9. The largest absolute Gasteiger partial charge is 0.481 e. The van der Waals surface area contributed by atoms with Gasteiger partial charge in [-0.15, -0.1) is 0 Å². The normalized spacial score (nSPS) is 20.1. The number of carbonyl (C=O) groups excluding carboxylic acids is 1. The lowest BCUT2D eigenvalue weighted by Gasteiger charge is -2.19. The summed E-state index contributed by atoms with van der Waals surface area (Å²) >= 11 is 3.43. The van der Waals surface area contributed by atoms with E-state index in [0.717, 1.165) is 15.8 Å². The highest BCUT2D eigenvalue weighted by molar-refractivity contribution is 9.10. The summed E-state index contributed by atoms with van der Waals surface area (Å²) in [5.74, 6) is 0.856. The van der Waals surface area contributed by atoms with Crippen molar-refractivity contribution in [2.24, 2.45) is 0 Å². The Kier molecular flexibility index (Phi) is 3.19. The molecule has 0 N–H and O–H groups in total. The molecule has 4 heteroatoms. The van der Waals surface area contributed by atoms with Crippen LogP contribution in [0.3, 0.4) is 0 Å². The Morgan fingerprint density at radius 2 is 2.31 bits per heavy atom. The van der Waals surface area contributed by atoms with Gasteiger partial charge in [0.25, 0.3) is 5.91 Å². The second-order valence-electron chi connectivity index (χ2n) is 3.86. The topological polar surface area (TPSA) is 29.5 Å². The van der Waals surface area contributed by atoms with Crippen LogP contribution < -0.4 is 4.74 Å². The molecule has 1 atom stereocenters. The summed E-state index contributed by atoms with van der Waals surface area (Å²) in [5, 5.41) is 0. The predicted molar refractivity (Wildman–Crippen MR) is 65.3 cm³/mol. The maximum atomic E-state index is 11.9. The Labute approximate surface area is 104 Å². The zero-order valence-electron chi connectivity index (χ0n) is 9.37. The molecule has 1 aromatic rings. The van der Waals surface area contributed by atoms with E-state index >= 15 is 0 Å². The molecule has 16 heavy (non-hydrogen) atoms. The van der Waals surface area contributed by atoms with E-state index < -0.39 is 6.10 Å². The lowest BCUT2D eigenvalue weighted by molar-refractivity contribution is -0.137. The van der Waals surface area contributed by atoms with Crippen LogP contribution in [0.1, 0.15) is 19.4 Å². The fourth-order valence-electron chi connectivity index (χ4n) is 1.84. The smallest absolute Gasteiger partial charge is 0.263 e. The molecule has 0 bridgehead atoms. The van der Waals surface area contributed by atoms with Crippen LogP contribution in [0.25, 0.3) is 0 Å². The fraction of sp³-hybridized carbons (Fsp3) is 0.417. The lowest BCUT2D eigenvalue weighted by Crippen LogP contribution is -2.37. The molecule has 0 aliphatic carbocycles. The van der Waals surface area contributed by atoms with Crippen LogP contribution in [0.15, 0.2) is 22.7 Å². The number of nitrogens with zero attached hydrogens (tertiary/aromatic N) is 1. The summed E-state index contributed by atoms with van der Waals surface area (Å²) in [5.41, 5.74) is 1.05. The molecule has 0 unspecified atom stereocenters. The number of hydrogen-bond acceptors (Lipinski definition) is 2. The van der Waals surface area contributed by atoms with Crippen LogP contribution in [-0.4, -0.2) is 23.5 Å². The molecular weight excluding hydrogens is 270 g/mol. The first kappa shape index (κ1) is 11.5. The molecule has 3 nitrogen and oxygen atoms in total. The van der Waals surface area contributed by atoms with E-state index in [1.54, 1.807) is 6.92 Å². The lowest BCUT2D eigenvalue weighted by atomic mass is 10.2. The Morgan fingerprint density at radius 1 is 1.56 bits per heavy atom. The van der Waals surface area contributed by atoms with Gasteiger partial charge >= 0.3 is 0 Å². The van der Waals surface area contributed by atoms with Gasteiger partial charge in [0.2, 0.25) is 0 Å². The minimum Gasteiger partial charge on any atom is -0.481 e. The maximum Gasteiger partial charge on any atom is 0.263 e. The third kappa shape index (κ3) is 2.07. The average molecular weight is 284 g/mol. The summed E-state index contributed by atoms with van der Waals surface area (Å²) in [7, 11) is 0. The molecule has 0 saturated heterocycles. The molecule has 1 aliphatic heterocycles. The first-order valence-corrected chi connectivity index (χ1v) is 6.15. The van der Waals surface area contributed by atoms with Crippen LogP contribution in [0.4, 0.5) is 0 Å². The third-order valence-electron chi connectivity index (χ3n) is 2.73. The zero-order chi connectivity index (χ0) is 11.7. The number of ether oxygens (including phenoxy) is 1. The average Bonchev–Trinajstić information content (AvgIpc) is 2.38. The molecule has 0 spiro atoms. The van der Waals surface area contributed by atoms with E-state index in [2.05, 4.69) is 15.9 Å². The second kappa shape index (κ2) is 4.45. The van der Waals surface area contributed by atoms with Crippen molar-refractivity contribution in [1.29, 1.82) is 0 Å². The van der Waals surface area contributed by atoms with Gasteiger partial charge in [-0.3, -0.25) is 4.79 Å². The van der Waals surface area contributed by atoms with E-state index in [1.165, 1.54) is 0 Å². The first-order valence-electron chi connectivity index (χ1n) is 5.35.